The van der Waals surface area contributed by atoms with E-state index in [1.807, 2.05) is 0 Å². The largest absolute Gasteiger partial charge is 0.375 e. The van der Waals surface area contributed by atoms with Crippen molar-refractivity contribution < 1.29 is 9.31 Å². The highest BCUT2D eigenvalue weighted by atomic mass is 35.5. The fourth-order valence-corrected chi connectivity index (χ4v) is 1.77. The van der Waals surface area contributed by atoms with Crippen LogP contribution in [-0.2, 0) is 6.54 Å². The highest BCUT2D eigenvalue weighted by Crippen LogP contribution is 2.28. The Labute approximate surface area is 114 Å². The molecule has 6 heteroatoms. The highest BCUT2D eigenvalue weighted by Gasteiger charge is 2.13. The maximum Gasteiger partial charge on any atom is 0.293 e. The Kier molecular flexibility index (Phi) is 3.97. The third-order valence-corrected chi connectivity index (χ3v) is 2.79. The van der Waals surface area contributed by atoms with Crippen LogP contribution in [0.15, 0.2) is 42.5 Å². The average molecular weight is 281 g/mol. The van der Waals surface area contributed by atoms with Gasteiger partial charge in [-0.1, -0.05) is 23.7 Å². The summed E-state index contributed by atoms with van der Waals surface area (Å²) in [7, 11) is 0. The second-order valence-corrected chi connectivity index (χ2v) is 4.34. The van der Waals surface area contributed by atoms with Crippen LogP contribution in [0.2, 0.25) is 5.02 Å². The van der Waals surface area contributed by atoms with Gasteiger partial charge in [0.15, 0.2) is 0 Å². The monoisotopic (exact) mass is 280 g/mol. The van der Waals surface area contributed by atoms with Crippen LogP contribution in [0.5, 0.6) is 0 Å². The summed E-state index contributed by atoms with van der Waals surface area (Å²) < 4.78 is 12.7. The maximum atomic E-state index is 12.7. The zero-order chi connectivity index (χ0) is 13.8. The molecule has 0 bridgehead atoms. The minimum absolute atomic E-state index is 0.0883. The lowest BCUT2D eigenvalue weighted by molar-refractivity contribution is -0.383. The molecule has 0 spiro atoms. The number of hydrogen-bond acceptors (Lipinski definition) is 3. The summed E-state index contributed by atoms with van der Waals surface area (Å²) >= 11 is 5.72. The molecule has 2 rings (SSSR count). The lowest BCUT2D eigenvalue weighted by Gasteiger charge is -2.07. The van der Waals surface area contributed by atoms with Crippen molar-refractivity contribution in [1.82, 2.24) is 0 Å². The number of halogens is 2. The molecule has 0 aliphatic rings. The quantitative estimate of drug-likeness (QED) is 0.680. The van der Waals surface area contributed by atoms with Crippen LogP contribution in [-0.4, -0.2) is 4.92 Å². The molecule has 4 nitrogen and oxygen atoms in total. The first-order valence-electron chi connectivity index (χ1n) is 5.48. The second kappa shape index (κ2) is 5.67. The van der Waals surface area contributed by atoms with Crippen LogP contribution < -0.4 is 5.32 Å². The molecule has 1 N–H and O–H groups in total. The van der Waals surface area contributed by atoms with Gasteiger partial charge in [0.05, 0.1) is 4.92 Å². The zero-order valence-electron chi connectivity index (χ0n) is 9.77. The summed E-state index contributed by atoms with van der Waals surface area (Å²) in [5.41, 5.74) is 1.11. The van der Waals surface area contributed by atoms with Crippen molar-refractivity contribution in [2.75, 3.05) is 5.32 Å². The molecule has 98 valence electrons. The van der Waals surface area contributed by atoms with Crippen molar-refractivity contribution in [1.29, 1.82) is 0 Å². The summed E-state index contributed by atoms with van der Waals surface area (Å²) in [5.74, 6) is -0.318. The van der Waals surface area contributed by atoms with Crippen molar-refractivity contribution in [2.45, 2.75) is 6.54 Å². The third kappa shape index (κ3) is 3.42. The number of nitrogens with one attached hydrogen (secondary N) is 1. The Morgan fingerprint density at radius 1 is 1.21 bits per heavy atom. The fraction of sp³-hybridized carbons (Fsp3) is 0.0769. The first kappa shape index (κ1) is 13.3. The minimum atomic E-state index is -0.501. The summed E-state index contributed by atoms with van der Waals surface area (Å²) in [6.07, 6.45) is 0. The molecule has 0 radical (unpaired) electrons. The Hall–Kier alpha value is -2.14. The molecule has 0 saturated heterocycles. The normalized spacial score (nSPS) is 10.2. The number of hydrogen-bond donors (Lipinski definition) is 1. The number of rotatable bonds is 4. The molecule has 0 heterocycles. The SMILES string of the molecule is O=[N+]([O-])c1cc(Cl)ccc1NCc1ccc(F)cc1. The number of nitrogens with zero attached hydrogens (tertiary/aromatic N) is 1. The minimum Gasteiger partial charge on any atom is -0.375 e. The second-order valence-electron chi connectivity index (χ2n) is 3.90. The van der Waals surface area contributed by atoms with Crippen LogP contribution in [0.4, 0.5) is 15.8 Å². The molecule has 0 aliphatic heterocycles. The first-order chi connectivity index (χ1) is 9.06. The van der Waals surface area contributed by atoms with Crippen LogP contribution in [0.1, 0.15) is 5.56 Å². The smallest absolute Gasteiger partial charge is 0.293 e. The molecule has 0 fully saturated rings. The molecule has 0 saturated carbocycles. The van der Waals surface area contributed by atoms with Crippen LogP contribution >= 0.6 is 11.6 Å². The Bertz CT molecular complexity index is 602. The van der Waals surface area contributed by atoms with E-state index in [2.05, 4.69) is 5.32 Å². The molecular weight excluding hydrogens is 271 g/mol. The van der Waals surface area contributed by atoms with Crippen molar-refractivity contribution in [3.63, 3.8) is 0 Å². The lowest BCUT2D eigenvalue weighted by Crippen LogP contribution is -2.02. The van der Waals surface area contributed by atoms with Crippen LogP contribution in [0.3, 0.4) is 0 Å². The molecule has 19 heavy (non-hydrogen) atoms. The highest BCUT2D eigenvalue weighted by molar-refractivity contribution is 6.30. The molecule has 0 unspecified atom stereocenters. The predicted octanol–water partition coefficient (Wildman–Crippen LogP) is 4.00. The molecular formula is C13H10ClFN2O2. The maximum absolute atomic E-state index is 12.7. The summed E-state index contributed by atoms with van der Waals surface area (Å²) in [5, 5.41) is 14.1. The van der Waals surface area contributed by atoms with E-state index in [0.717, 1.165) is 5.56 Å². The Morgan fingerprint density at radius 2 is 1.89 bits per heavy atom. The predicted molar refractivity (Wildman–Crippen MR) is 71.8 cm³/mol. The number of nitro groups is 1. The van der Waals surface area contributed by atoms with E-state index in [-0.39, 0.29) is 11.5 Å². The van der Waals surface area contributed by atoms with Crippen molar-refractivity contribution in [2.24, 2.45) is 0 Å². The van der Waals surface area contributed by atoms with Gasteiger partial charge in [-0.15, -0.1) is 0 Å². The van der Waals surface area contributed by atoms with Crippen LogP contribution in [0, 0.1) is 15.9 Å². The number of benzene rings is 2. The van der Waals surface area contributed by atoms with Gasteiger partial charge < -0.3 is 5.32 Å². The van der Waals surface area contributed by atoms with Gasteiger partial charge in [-0.2, -0.15) is 0 Å². The van der Waals surface area contributed by atoms with Crippen molar-refractivity contribution >= 4 is 23.0 Å². The van der Waals surface area contributed by atoms with E-state index in [1.54, 1.807) is 24.3 Å². The van der Waals surface area contributed by atoms with Gasteiger partial charge in [0.1, 0.15) is 11.5 Å². The molecule has 0 aliphatic carbocycles. The Morgan fingerprint density at radius 3 is 2.53 bits per heavy atom. The third-order valence-electron chi connectivity index (χ3n) is 2.55. The molecule has 2 aromatic rings. The van der Waals surface area contributed by atoms with Crippen molar-refractivity contribution in [3.05, 3.63) is 69.0 Å². The van der Waals surface area contributed by atoms with Gasteiger partial charge in [0, 0.05) is 17.6 Å². The summed E-state index contributed by atoms with van der Waals surface area (Å²) in [6, 6.07) is 10.3. The van der Waals surface area contributed by atoms with Gasteiger partial charge in [-0.25, -0.2) is 4.39 Å². The topological polar surface area (TPSA) is 55.2 Å². The van der Waals surface area contributed by atoms with Gasteiger partial charge in [-0.3, -0.25) is 10.1 Å². The molecule has 0 amide bonds. The van der Waals surface area contributed by atoms with Crippen molar-refractivity contribution in [3.8, 4) is 0 Å². The van der Waals surface area contributed by atoms with E-state index in [0.29, 0.717) is 17.3 Å². The van der Waals surface area contributed by atoms with Gasteiger partial charge >= 0.3 is 0 Å². The van der Waals surface area contributed by atoms with E-state index < -0.39 is 4.92 Å². The van der Waals surface area contributed by atoms with Gasteiger partial charge in [0.25, 0.3) is 5.69 Å². The van der Waals surface area contributed by atoms with Gasteiger partial charge in [-0.05, 0) is 29.8 Å². The molecule has 0 atom stereocenters. The van der Waals surface area contributed by atoms with E-state index in [1.165, 1.54) is 18.2 Å². The average Bonchev–Trinajstić information content (AvgIpc) is 2.39. The van der Waals surface area contributed by atoms with E-state index >= 15 is 0 Å². The Balaban J connectivity index is 2.15. The molecule has 0 aromatic heterocycles. The zero-order valence-corrected chi connectivity index (χ0v) is 10.5. The standard InChI is InChI=1S/C13H10ClFN2O2/c14-10-3-6-12(13(7-10)17(18)19)16-8-9-1-4-11(15)5-2-9/h1-7,16H,8H2. The fourth-order valence-electron chi connectivity index (χ4n) is 1.60. The van der Waals surface area contributed by atoms with E-state index in [4.69, 9.17) is 11.6 Å². The van der Waals surface area contributed by atoms with Crippen LogP contribution in [0.25, 0.3) is 0 Å². The lowest BCUT2D eigenvalue weighted by atomic mass is 10.2. The van der Waals surface area contributed by atoms with E-state index in [9.17, 15) is 14.5 Å². The van der Waals surface area contributed by atoms with Gasteiger partial charge in [0.2, 0.25) is 0 Å². The summed E-state index contributed by atoms with van der Waals surface area (Å²) in [6.45, 7) is 0.364. The number of nitro benzene ring substituents is 1. The number of anilines is 1. The summed E-state index contributed by atoms with van der Waals surface area (Å²) in [4.78, 5) is 10.4. The first-order valence-corrected chi connectivity index (χ1v) is 5.86. The molecule has 2 aromatic carbocycles.